The van der Waals surface area contributed by atoms with Crippen LogP contribution in [-0.4, -0.2) is 56.3 Å². The Labute approximate surface area is 175 Å². The summed E-state index contributed by atoms with van der Waals surface area (Å²) in [5, 5.41) is 17.9. The predicted octanol–water partition coefficient (Wildman–Crippen LogP) is 1.54. The molecule has 8 nitrogen and oxygen atoms in total. The van der Waals surface area contributed by atoms with Crippen molar-refractivity contribution in [3.8, 4) is 17.9 Å². The molecule has 1 heterocycles. The van der Waals surface area contributed by atoms with E-state index in [1.165, 1.54) is 16.4 Å². The first-order chi connectivity index (χ1) is 14.5. The number of ether oxygens (including phenoxy) is 1. The first kappa shape index (κ1) is 21.3. The highest BCUT2D eigenvalue weighted by molar-refractivity contribution is 7.89. The van der Waals surface area contributed by atoms with Crippen LogP contribution in [0, 0.1) is 22.7 Å². The van der Waals surface area contributed by atoms with Crippen LogP contribution in [0.4, 0.5) is 0 Å². The van der Waals surface area contributed by atoms with Gasteiger partial charge in [-0.25, -0.2) is 8.42 Å². The Hall–Kier alpha value is -3.40. The van der Waals surface area contributed by atoms with Crippen LogP contribution in [-0.2, 0) is 21.2 Å². The molecule has 1 amide bonds. The van der Waals surface area contributed by atoms with E-state index in [-0.39, 0.29) is 49.2 Å². The molecular formula is C21H20N4O4S. The summed E-state index contributed by atoms with van der Waals surface area (Å²) >= 11 is 0. The van der Waals surface area contributed by atoms with Crippen LogP contribution in [0.15, 0.2) is 53.4 Å². The van der Waals surface area contributed by atoms with Crippen LogP contribution >= 0.6 is 0 Å². The molecule has 30 heavy (non-hydrogen) atoms. The van der Waals surface area contributed by atoms with Gasteiger partial charge in [0, 0.05) is 26.2 Å². The number of carbonyl (C=O) groups excluding carboxylic acids is 1. The van der Waals surface area contributed by atoms with Crippen molar-refractivity contribution in [2.75, 3.05) is 32.8 Å². The van der Waals surface area contributed by atoms with Gasteiger partial charge >= 0.3 is 0 Å². The minimum atomic E-state index is -3.80. The molecule has 9 heteroatoms. The Bertz CT molecular complexity index is 1090. The monoisotopic (exact) mass is 424 g/mol. The van der Waals surface area contributed by atoms with Crippen LogP contribution in [0.2, 0.25) is 0 Å². The fourth-order valence-corrected chi connectivity index (χ4v) is 4.70. The minimum Gasteiger partial charge on any atom is -0.484 e. The lowest BCUT2D eigenvalue weighted by Gasteiger charge is -2.34. The molecule has 0 bridgehead atoms. The highest BCUT2D eigenvalue weighted by Gasteiger charge is 2.31. The van der Waals surface area contributed by atoms with E-state index in [2.05, 4.69) is 6.07 Å². The third-order valence-electron chi connectivity index (χ3n) is 4.79. The van der Waals surface area contributed by atoms with Gasteiger partial charge in [-0.1, -0.05) is 24.3 Å². The number of benzene rings is 2. The number of hydrogen-bond acceptors (Lipinski definition) is 6. The number of nitriles is 2. The second kappa shape index (κ2) is 9.40. The van der Waals surface area contributed by atoms with E-state index in [0.29, 0.717) is 12.2 Å². The Kier molecular flexibility index (Phi) is 6.68. The molecule has 0 atom stereocenters. The van der Waals surface area contributed by atoms with Crippen LogP contribution in [0.1, 0.15) is 11.1 Å². The molecule has 0 aromatic heterocycles. The molecule has 1 fully saturated rings. The van der Waals surface area contributed by atoms with Crippen LogP contribution < -0.4 is 4.74 Å². The van der Waals surface area contributed by atoms with Gasteiger partial charge in [-0.05, 0) is 29.8 Å². The second-order valence-corrected chi connectivity index (χ2v) is 8.57. The van der Waals surface area contributed by atoms with Crippen LogP contribution in [0.3, 0.4) is 0 Å². The van der Waals surface area contributed by atoms with Gasteiger partial charge in [0.15, 0.2) is 6.61 Å². The smallest absolute Gasteiger partial charge is 0.260 e. The van der Waals surface area contributed by atoms with Gasteiger partial charge in [0.05, 0.1) is 22.9 Å². The van der Waals surface area contributed by atoms with E-state index >= 15 is 0 Å². The first-order valence-electron chi connectivity index (χ1n) is 9.31. The van der Waals surface area contributed by atoms with Crippen molar-refractivity contribution in [1.82, 2.24) is 9.21 Å². The lowest BCUT2D eigenvalue weighted by molar-refractivity contribution is -0.134. The maximum Gasteiger partial charge on any atom is 0.260 e. The highest BCUT2D eigenvalue weighted by Crippen LogP contribution is 2.21. The number of amides is 1. The van der Waals surface area contributed by atoms with Crippen LogP contribution in [0.25, 0.3) is 0 Å². The zero-order chi connectivity index (χ0) is 21.6. The largest absolute Gasteiger partial charge is 0.484 e. The molecule has 2 aromatic rings. The molecule has 1 saturated heterocycles. The second-order valence-electron chi connectivity index (χ2n) is 6.66. The van der Waals surface area contributed by atoms with E-state index in [1.807, 2.05) is 6.07 Å². The number of piperazine rings is 1. The number of nitrogens with zero attached hydrogens (tertiary/aromatic N) is 4. The molecule has 0 unspecified atom stereocenters. The molecule has 0 spiro atoms. The van der Waals surface area contributed by atoms with Gasteiger partial charge in [-0.15, -0.1) is 0 Å². The molecule has 3 rings (SSSR count). The number of rotatable bonds is 6. The van der Waals surface area contributed by atoms with Crippen molar-refractivity contribution < 1.29 is 17.9 Å². The molecule has 0 saturated carbocycles. The van der Waals surface area contributed by atoms with Gasteiger partial charge < -0.3 is 9.64 Å². The Morgan fingerprint density at radius 3 is 2.30 bits per heavy atom. The summed E-state index contributed by atoms with van der Waals surface area (Å²) in [5.41, 5.74) is 0.969. The maximum atomic E-state index is 12.9. The molecule has 0 radical (unpaired) electrons. The average molecular weight is 424 g/mol. The number of hydrogen-bond donors (Lipinski definition) is 0. The van der Waals surface area contributed by atoms with Crippen LogP contribution in [0.5, 0.6) is 5.75 Å². The summed E-state index contributed by atoms with van der Waals surface area (Å²) in [6, 6.07) is 17.0. The van der Waals surface area contributed by atoms with Crippen molar-refractivity contribution in [3.05, 3.63) is 59.7 Å². The maximum absolute atomic E-state index is 12.9. The minimum absolute atomic E-state index is 0.0181. The van der Waals surface area contributed by atoms with E-state index in [4.69, 9.17) is 10.00 Å². The van der Waals surface area contributed by atoms with Gasteiger partial charge in [-0.2, -0.15) is 14.8 Å². The zero-order valence-electron chi connectivity index (χ0n) is 16.2. The molecule has 154 valence electrons. The molecule has 0 aliphatic carbocycles. The summed E-state index contributed by atoms with van der Waals surface area (Å²) < 4.78 is 32.5. The molecule has 1 aliphatic heterocycles. The lowest BCUT2D eigenvalue weighted by atomic mass is 10.2. The van der Waals surface area contributed by atoms with Gasteiger partial charge in [0.25, 0.3) is 5.91 Å². The molecular weight excluding hydrogens is 404 g/mol. The van der Waals surface area contributed by atoms with E-state index in [1.54, 1.807) is 41.3 Å². The standard InChI is InChI=1S/C21H20N4O4S/c22-10-9-17-5-7-19(8-6-17)29-16-21(26)24-11-13-25(14-12-24)30(27,28)20-4-2-1-3-18(20)15-23/h1-8H,9,11-14,16H2. The first-order valence-corrected chi connectivity index (χ1v) is 10.8. The predicted molar refractivity (Wildman–Crippen MR) is 108 cm³/mol. The number of carbonyl (C=O) groups is 1. The molecule has 0 N–H and O–H groups in total. The Balaban J connectivity index is 1.55. The van der Waals surface area contributed by atoms with Gasteiger partial charge in [0.1, 0.15) is 11.8 Å². The summed E-state index contributed by atoms with van der Waals surface area (Å²) in [6.45, 7) is 0.642. The van der Waals surface area contributed by atoms with Crippen molar-refractivity contribution in [1.29, 1.82) is 10.5 Å². The Morgan fingerprint density at radius 2 is 1.67 bits per heavy atom. The SMILES string of the molecule is N#CCc1ccc(OCC(=O)N2CCN(S(=O)(=O)c3ccccc3C#N)CC2)cc1. The lowest BCUT2D eigenvalue weighted by Crippen LogP contribution is -2.51. The van der Waals surface area contributed by atoms with Gasteiger partial charge in [-0.3, -0.25) is 4.79 Å². The quantitative estimate of drug-likeness (QED) is 0.695. The Morgan fingerprint density at radius 1 is 1.00 bits per heavy atom. The van der Waals surface area contributed by atoms with Crippen molar-refractivity contribution in [2.24, 2.45) is 0 Å². The fourth-order valence-electron chi connectivity index (χ4n) is 3.13. The molecule has 1 aliphatic rings. The van der Waals surface area contributed by atoms with Crippen molar-refractivity contribution in [3.63, 3.8) is 0 Å². The van der Waals surface area contributed by atoms with Gasteiger partial charge in [0.2, 0.25) is 10.0 Å². The number of sulfonamides is 1. The summed E-state index contributed by atoms with van der Waals surface area (Å²) in [6.07, 6.45) is 0.311. The average Bonchev–Trinajstić information content (AvgIpc) is 2.78. The van der Waals surface area contributed by atoms with Crippen molar-refractivity contribution in [2.45, 2.75) is 11.3 Å². The molecule has 2 aromatic carbocycles. The van der Waals surface area contributed by atoms with E-state index < -0.39 is 10.0 Å². The summed E-state index contributed by atoms with van der Waals surface area (Å²) in [7, 11) is -3.80. The third kappa shape index (κ3) is 4.77. The third-order valence-corrected chi connectivity index (χ3v) is 6.74. The zero-order valence-corrected chi connectivity index (χ0v) is 17.0. The topological polar surface area (TPSA) is 114 Å². The van der Waals surface area contributed by atoms with E-state index in [0.717, 1.165) is 5.56 Å². The highest BCUT2D eigenvalue weighted by atomic mass is 32.2. The fraction of sp³-hybridized carbons (Fsp3) is 0.286. The van der Waals surface area contributed by atoms with E-state index in [9.17, 15) is 18.5 Å². The normalized spacial score (nSPS) is 14.5. The summed E-state index contributed by atoms with van der Waals surface area (Å²) in [4.78, 5) is 14.0. The summed E-state index contributed by atoms with van der Waals surface area (Å²) in [5.74, 6) is 0.296. The van der Waals surface area contributed by atoms with Crippen molar-refractivity contribution >= 4 is 15.9 Å².